The normalized spacial score (nSPS) is 10.9. The van der Waals surface area contributed by atoms with E-state index in [1.165, 1.54) is 4.88 Å². The largest absolute Gasteiger partial charge is 0.312 e. The standard InChI is InChI=1S/C11H17ClN2S/c1-3-6-13-7-8-14(2)9-10-4-5-11(12)15-10/h3-5,13H,1,6-9H2,2H3. The summed E-state index contributed by atoms with van der Waals surface area (Å²) in [4.78, 5) is 3.59. The highest BCUT2D eigenvalue weighted by atomic mass is 35.5. The maximum atomic E-state index is 5.87. The first-order valence-electron chi connectivity index (χ1n) is 4.96. The molecule has 0 atom stereocenters. The van der Waals surface area contributed by atoms with Gasteiger partial charge in [0, 0.05) is 31.1 Å². The highest BCUT2D eigenvalue weighted by Gasteiger charge is 2.02. The van der Waals surface area contributed by atoms with Gasteiger partial charge in [-0.05, 0) is 19.2 Å². The van der Waals surface area contributed by atoms with Crippen molar-refractivity contribution < 1.29 is 0 Å². The zero-order valence-corrected chi connectivity index (χ0v) is 10.6. The van der Waals surface area contributed by atoms with Crippen LogP contribution in [0.4, 0.5) is 0 Å². The molecule has 4 heteroatoms. The Morgan fingerprint density at radius 1 is 1.60 bits per heavy atom. The zero-order chi connectivity index (χ0) is 11.1. The minimum atomic E-state index is 0.864. The van der Waals surface area contributed by atoms with Gasteiger partial charge in [-0.1, -0.05) is 17.7 Å². The summed E-state index contributed by atoms with van der Waals surface area (Å²) in [6.07, 6.45) is 1.87. The van der Waals surface area contributed by atoms with Crippen molar-refractivity contribution >= 4 is 22.9 Å². The minimum Gasteiger partial charge on any atom is -0.312 e. The highest BCUT2D eigenvalue weighted by molar-refractivity contribution is 7.16. The van der Waals surface area contributed by atoms with E-state index in [-0.39, 0.29) is 0 Å². The van der Waals surface area contributed by atoms with Crippen molar-refractivity contribution in [2.75, 3.05) is 26.7 Å². The predicted octanol–water partition coefficient (Wildman–Crippen LogP) is 2.61. The molecule has 0 fully saturated rings. The second-order valence-corrected chi connectivity index (χ2v) is 5.24. The molecule has 0 spiro atoms. The predicted molar refractivity (Wildman–Crippen MR) is 68.7 cm³/mol. The van der Waals surface area contributed by atoms with Crippen molar-refractivity contribution in [3.63, 3.8) is 0 Å². The lowest BCUT2D eigenvalue weighted by Gasteiger charge is -2.15. The van der Waals surface area contributed by atoms with Crippen molar-refractivity contribution in [2.24, 2.45) is 0 Å². The molecule has 84 valence electrons. The van der Waals surface area contributed by atoms with E-state index in [0.29, 0.717) is 0 Å². The maximum Gasteiger partial charge on any atom is 0.0931 e. The van der Waals surface area contributed by atoms with Crippen molar-refractivity contribution in [1.29, 1.82) is 0 Å². The number of nitrogens with one attached hydrogen (secondary N) is 1. The van der Waals surface area contributed by atoms with Crippen LogP contribution in [0.2, 0.25) is 4.34 Å². The molecule has 2 nitrogen and oxygen atoms in total. The summed E-state index contributed by atoms with van der Waals surface area (Å²) in [5, 5.41) is 3.27. The van der Waals surface area contributed by atoms with Crippen molar-refractivity contribution in [3.8, 4) is 0 Å². The van der Waals surface area contributed by atoms with E-state index in [0.717, 1.165) is 30.5 Å². The SMILES string of the molecule is C=CCNCCN(C)Cc1ccc(Cl)s1. The molecule has 0 saturated heterocycles. The van der Waals surface area contributed by atoms with Crippen LogP contribution < -0.4 is 5.32 Å². The van der Waals surface area contributed by atoms with E-state index < -0.39 is 0 Å². The van der Waals surface area contributed by atoms with E-state index in [4.69, 9.17) is 11.6 Å². The molecule has 1 aromatic heterocycles. The third-order valence-corrected chi connectivity index (χ3v) is 3.23. The van der Waals surface area contributed by atoms with Gasteiger partial charge in [-0.15, -0.1) is 17.9 Å². The lowest BCUT2D eigenvalue weighted by atomic mass is 10.4. The quantitative estimate of drug-likeness (QED) is 0.586. The molecule has 0 amide bonds. The first-order chi connectivity index (χ1) is 7.22. The first kappa shape index (κ1) is 12.7. The van der Waals surface area contributed by atoms with E-state index in [1.807, 2.05) is 12.1 Å². The van der Waals surface area contributed by atoms with Gasteiger partial charge in [0.25, 0.3) is 0 Å². The number of rotatable bonds is 7. The molecule has 0 bridgehead atoms. The van der Waals surface area contributed by atoms with Crippen LogP contribution in [0.25, 0.3) is 0 Å². The van der Waals surface area contributed by atoms with Crippen LogP contribution in [0.3, 0.4) is 0 Å². The van der Waals surface area contributed by atoms with E-state index >= 15 is 0 Å². The summed E-state index contributed by atoms with van der Waals surface area (Å²) in [7, 11) is 2.11. The van der Waals surface area contributed by atoms with Crippen molar-refractivity contribution in [3.05, 3.63) is 34.0 Å². The minimum absolute atomic E-state index is 0.864. The fraction of sp³-hybridized carbons (Fsp3) is 0.455. The Morgan fingerprint density at radius 3 is 3.00 bits per heavy atom. The topological polar surface area (TPSA) is 15.3 Å². The monoisotopic (exact) mass is 244 g/mol. The van der Waals surface area contributed by atoms with Crippen molar-refractivity contribution in [2.45, 2.75) is 6.54 Å². The summed E-state index contributed by atoms with van der Waals surface area (Å²) in [5.74, 6) is 0. The van der Waals surface area contributed by atoms with Gasteiger partial charge in [-0.2, -0.15) is 0 Å². The Kier molecular flexibility index (Phi) is 5.95. The molecule has 0 aliphatic carbocycles. The van der Waals surface area contributed by atoms with E-state index in [1.54, 1.807) is 11.3 Å². The first-order valence-corrected chi connectivity index (χ1v) is 6.16. The van der Waals surface area contributed by atoms with Crippen LogP contribution in [0.1, 0.15) is 4.88 Å². The van der Waals surface area contributed by atoms with Crippen LogP contribution in [0.5, 0.6) is 0 Å². The van der Waals surface area contributed by atoms with Gasteiger partial charge in [-0.3, -0.25) is 0 Å². The molecule has 1 heterocycles. The molecule has 0 saturated carbocycles. The summed E-state index contributed by atoms with van der Waals surface area (Å²) in [6, 6.07) is 4.03. The number of hydrogen-bond acceptors (Lipinski definition) is 3. The third kappa shape index (κ3) is 5.33. The number of thiophene rings is 1. The fourth-order valence-electron chi connectivity index (χ4n) is 1.26. The van der Waals surface area contributed by atoms with Gasteiger partial charge in [0.2, 0.25) is 0 Å². The molecule has 1 N–H and O–H groups in total. The lowest BCUT2D eigenvalue weighted by Crippen LogP contribution is -2.28. The fourth-order valence-corrected chi connectivity index (χ4v) is 2.42. The molecule has 0 aliphatic rings. The Bertz CT molecular complexity index is 299. The Balaban J connectivity index is 2.18. The second kappa shape index (κ2) is 7.01. The molecule has 1 aromatic rings. The average molecular weight is 245 g/mol. The number of nitrogens with zero attached hydrogens (tertiary/aromatic N) is 1. The number of likely N-dealkylation sites (N-methyl/N-ethyl adjacent to an activating group) is 1. The smallest absolute Gasteiger partial charge is 0.0931 e. The van der Waals surface area contributed by atoms with E-state index in [2.05, 4.69) is 29.9 Å². The molecule has 1 rings (SSSR count). The Morgan fingerprint density at radius 2 is 2.40 bits per heavy atom. The van der Waals surface area contributed by atoms with E-state index in [9.17, 15) is 0 Å². The molecule has 0 aliphatic heterocycles. The van der Waals surface area contributed by atoms with Crippen LogP contribution >= 0.6 is 22.9 Å². The number of halogens is 1. The summed E-state index contributed by atoms with van der Waals surface area (Å²) in [5.41, 5.74) is 0. The highest BCUT2D eigenvalue weighted by Crippen LogP contribution is 2.22. The summed E-state index contributed by atoms with van der Waals surface area (Å²) < 4.78 is 0.864. The van der Waals surface area contributed by atoms with Gasteiger partial charge in [0.15, 0.2) is 0 Å². The van der Waals surface area contributed by atoms with Crippen LogP contribution in [0, 0.1) is 0 Å². The number of hydrogen-bond donors (Lipinski definition) is 1. The summed E-state index contributed by atoms with van der Waals surface area (Å²) >= 11 is 7.51. The molecule has 0 aromatic carbocycles. The second-order valence-electron chi connectivity index (χ2n) is 3.44. The van der Waals surface area contributed by atoms with Crippen LogP contribution in [0.15, 0.2) is 24.8 Å². The molecular formula is C11H17ClN2S. The zero-order valence-electron chi connectivity index (χ0n) is 9.00. The van der Waals surface area contributed by atoms with Gasteiger partial charge in [-0.25, -0.2) is 0 Å². The van der Waals surface area contributed by atoms with Crippen LogP contribution in [-0.4, -0.2) is 31.6 Å². The Labute approximate surface area is 101 Å². The van der Waals surface area contributed by atoms with Gasteiger partial charge in [0.1, 0.15) is 0 Å². The summed E-state index contributed by atoms with van der Waals surface area (Å²) in [6.45, 7) is 7.52. The molecular weight excluding hydrogens is 228 g/mol. The van der Waals surface area contributed by atoms with Crippen molar-refractivity contribution in [1.82, 2.24) is 10.2 Å². The van der Waals surface area contributed by atoms with Gasteiger partial charge >= 0.3 is 0 Å². The van der Waals surface area contributed by atoms with Crippen LogP contribution in [-0.2, 0) is 6.54 Å². The average Bonchev–Trinajstić information content (AvgIpc) is 2.59. The Hall–Kier alpha value is -0.350. The van der Waals surface area contributed by atoms with Gasteiger partial charge in [0.05, 0.1) is 4.34 Å². The third-order valence-electron chi connectivity index (χ3n) is 2.01. The lowest BCUT2D eigenvalue weighted by molar-refractivity contribution is 0.329. The van der Waals surface area contributed by atoms with Gasteiger partial charge < -0.3 is 10.2 Å². The maximum absolute atomic E-state index is 5.87. The molecule has 0 unspecified atom stereocenters. The molecule has 15 heavy (non-hydrogen) atoms. The molecule has 0 radical (unpaired) electrons.